The second-order valence-corrected chi connectivity index (χ2v) is 7.22. The van der Waals surface area contributed by atoms with E-state index in [1.165, 1.54) is 0 Å². The summed E-state index contributed by atoms with van der Waals surface area (Å²) in [4.78, 5) is 15.6. The molecule has 24 heavy (non-hydrogen) atoms. The number of hydrogen-bond acceptors (Lipinski definition) is 2. The van der Waals surface area contributed by atoms with Crippen LogP contribution in [0.2, 0.25) is 0 Å². The van der Waals surface area contributed by atoms with Gasteiger partial charge in [0, 0.05) is 15.6 Å². The first-order valence-electron chi connectivity index (χ1n) is 7.11. The Morgan fingerprint density at radius 2 is 1.62 bits per heavy atom. The minimum absolute atomic E-state index is 0.239. The summed E-state index contributed by atoms with van der Waals surface area (Å²) < 4.78 is 0.927. The number of amides is 1. The maximum absolute atomic E-state index is 12.3. The minimum Gasteiger partial charge on any atom is -0.383 e. The van der Waals surface area contributed by atoms with Crippen LogP contribution >= 0.6 is 39.1 Å². The zero-order valence-corrected chi connectivity index (χ0v) is 15.9. The molecule has 2 aromatic carbocycles. The molecule has 1 amide bonds. The Bertz CT molecular complexity index is 731. The summed E-state index contributed by atoms with van der Waals surface area (Å²) in [6.45, 7) is 1.95. The van der Waals surface area contributed by atoms with Crippen LogP contribution in [0.3, 0.4) is 0 Å². The quantitative estimate of drug-likeness (QED) is 0.429. The van der Waals surface area contributed by atoms with Gasteiger partial charge in [0.1, 0.15) is 10.7 Å². The Morgan fingerprint density at radius 3 is 2.17 bits per heavy atom. The average Bonchev–Trinajstić information content (AvgIpc) is 2.55. The maximum atomic E-state index is 12.3. The zero-order chi connectivity index (χ0) is 17.7. The van der Waals surface area contributed by atoms with Crippen LogP contribution in [0.25, 0.3) is 0 Å². The second-order valence-electron chi connectivity index (χ2n) is 5.14. The third-order valence-corrected chi connectivity index (χ3v) is 4.26. The molecule has 3 N–H and O–H groups in total. The Kier molecular flexibility index (Phi) is 6.66. The van der Waals surface area contributed by atoms with Gasteiger partial charge in [-0.25, -0.2) is 4.99 Å². The monoisotopic (exact) mass is 427 g/mol. The molecule has 1 unspecified atom stereocenters. The minimum atomic E-state index is -0.937. The molecule has 0 aliphatic rings. The molecule has 2 rings (SSSR count). The largest absolute Gasteiger partial charge is 0.383 e. The van der Waals surface area contributed by atoms with Gasteiger partial charge in [-0.05, 0) is 31.2 Å². The van der Waals surface area contributed by atoms with E-state index < -0.39 is 11.0 Å². The van der Waals surface area contributed by atoms with Crippen LogP contribution in [0, 0.1) is 6.92 Å². The van der Waals surface area contributed by atoms with Gasteiger partial charge in [0.25, 0.3) is 5.91 Å². The van der Waals surface area contributed by atoms with Crippen LogP contribution in [0.5, 0.6) is 0 Å². The van der Waals surface area contributed by atoms with E-state index in [1.54, 1.807) is 24.3 Å². The van der Waals surface area contributed by atoms with E-state index in [2.05, 4.69) is 26.2 Å². The molecule has 4 nitrogen and oxygen atoms in total. The molecule has 126 valence electrons. The molecule has 7 heteroatoms. The molecule has 2 aromatic rings. The molecule has 0 bridgehead atoms. The Morgan fingerprint density at radius 1 is 1.08 bits per heavy atom. The van der Waals surface area contributed by atoms with E-state index in [9.17, 15) is 4.79 Å². The van der Waals surface area contributed by atoms with Crippen molar-refractivity contribution in [1.29, 1.82) is 0 Å². The standard InChI is InChI=1S/C17H16BrCl2N3O/c1-10-2-4-12(5-3-10)17(24)23-16(14(19)20)22-15(21)11-6-8-13(18)9-7-11/h2-9,14,16H,1H3,(H2,21,22)(H,23,24). The highest BCUT2D eigenvalue weighted by Gasteiger charge is 2.20. The van der Waals surface area contributed by atoms with Crippen molar-refractivity contribution in [1.82, 2.24) is 5.32 Å². The van der Waals surface area contributed by atoms with Gasteiger partial charge in [0.2, 0.25) is 0 Å². The van der Waals surface area contributed by atoms with Gasteiger partial charge in [0.15, 0.2) is 6.17 Å². The predicted octanol–water partition coefficient (Wildman–Crippen LogP) is 4.02. The fourth-order valence-electron chi connectivity index (χ4n) is 1.92. The molecule has 0 heterocycles. The SMILES string of the molecule is Cc1ccc(C(=O)NC(/N=C(\N)c2ccc(Br)cc2)C(Cl)Cl)cc1. The number of nitrogens with two attached hydrogens (primary N) is 1. The van der Waals surface area contributed by atoms with Crippen molar-refractivity contribution in [3.8, 4) is 0 Å². The van der Waals surface area contributed by atoms with Crippen molar-refractivity contribution in [2.45, 2.75) is 17.9 Å². The van der Waals surface area contributed by atoms with E-state index in [0.29, 0.717) is 11.1 Å². The normalized spacial score (nSPS) is 13.0. The van der Waals surface area contributed by atoms with E-state index in [1.807, 2.05) is 31.2 Å². The van der Waals surface area contributed by atoms with Gasteiger partial charge < -0.3 is 11.1 Å². The van der Waals surface area contributed by atoms with Gasteiger partial charge in [-0.1, -0.05) is 45.8 Å². The molecule has 0 aliphatic carbocycles. The molecule has 0 fully saturated rings. The predicted molar refractivity (Wildman–Crippen MR) is 103 cm³/mol. The van der Waals surface area contributed by atoms with E-state index in [0.717, 1.165) is 10.0 Å². The molecule has 0 saturated carbocycles. The Hall–Kier alpha value is -1.56. The highest BCUT2D eigenvalue weighted by Crippen LogP contribution is 2.14. The lowest BCUT2D eigenvalue weighted by Gasteiger charge is -2.17. The number of carbonyl (C=O) groups is 1. The van der Waals surface area contributed by atoms with Crippen molar-refractivity contribution in [2.24, 2.45) is 10.7 Å². The number of nitrogens with one attached hydrogen (secondary N) is 1. The lowest BCUT2D eigenvalue weighted by Crippen LogP contribution is -2.39. The highest BCUT2D eigenvalue weighted by molar-refractivity contribution is 9.10. The maximum Gasteiger partial charge on any atom is 0.252 e. The summed E-state index contributed by atoms with van der Waals surface area (Å²) in [5, 5.41) is 2.68. The highest BCUT2D eigenvalue weighted by atomic mass is 79.9. The third kappa shape index (κ3) is 5.23. The van der Waals surface area contributed by atoms with Crippen molar-refractivity contribution in [2.75, 3.05) is 0 Å². The number of nitrogens with zero attached hydrogens (tertiary/aromatic N) is 1. The van der Waals surface area contributed by atoms with E-state index in [4.69, 9.17) is 28.9 Å². The fraction of sp³-hybridized carbons (Fsp3) is 0.176. The lowest BCUT2D eigenvalue weighted by molar-refractivity contribution is 0.0940. The van der Waals surface area contributed by atoms with Crippen LogP contribution in [-0.4, -0.2) is 22.7 Å². The summed E-state index contributed by atoms with van der Waals surface area (Å²) in [7, 11) is 0. The Labute approximate surface area is 159 Å². The third-order valence-electron chi connectivity index (χ3n) is 3.25. The number of aryl methyl sites for hydroxylation is 1. The van der Waals surface area contributed by atoms with Crippen LogP contribution in [0.15, 0.2) is 58.0 Å². The van der Waals surface area contributed by atoms with Crippen LogP contribution in [0.1, 0.15) is 21.5 Å². The number of benzene rings is 2. The van der Waals surface area contributed by atoms with Crippen molar-refractivity contribution >= 4 is 50.9 Å². The number of aliphatic imine (C=N–C) groups is 1. The van der Waals surface area contributed by atoms with Crippen molar-refractivity contribution in [3.05, 3.63) is 69.7 Å². The van der Waals surface area contributed by atoms with Gasteiger partial charge in [-0.2, -0.15) is 0 Å². The van der Waals surface area contributed by atoms with Crippen molar-refractivity contribution < 1.29 is 4.79 Å². The number of rotatable bonds is 5. The zero-order valence-electron chi connectivity index (χ0n) is 12.8. The second kappa shape index (κ2) is 8.51. The van der Waals surface area contributed by atoms with Crippen LogP contribution in [0.4, 0.5) is 0 Å². The molecule has 0 aliphatic heterocycles. The number of carbonyl (C=O) groups excluding carboxylic acids is 1. The molecule has 0 radical (unpaired) electrons. The summed E-state index contributed by atoms with van der Waals surface area (Å²) in [5.74, 6) is -0.0818. The smallest absolute Gasteiger partial charge is 0.252 e. The van der Waals surface area contributed by atoms with E-state index >= 15 is 0 Å². The number of alkyl halides is 2. The summed E-state index contributed by atoms with van der Waals surface area (Å²) in [5.41, 5.74) is 8.25. The number of amidine groups is 1. The first kappa shape index (κ1) is 18.8. The first-order chi connectivity index (χ1) is 11.4. The van der Waals surface area contributed by atoms with Gasteiger partial charge in [0.05, 0.1) is 0 Å². The van der Waals surface area contributed by atoms with Crippen LogP contribution < -0.4 is 11.1 Å². The van der Waals surface area contributed by atoms with Gasteiger partial charge in [-0.15, -0.1) is 23.2 Å². The topological polar surface area (TPSA) is 67.5 Å². The Balaban J connectivity index is 2.16. The summed E-state index contributed by atoms with van der Waals surface area (Å²) >= 11 is 15.2. The van der Waals surface area contributed by atoms with Gasteiger partial charge in [-0.3, -0.25) is 4.79 Å². The molecule has 1 atom stereocenters. The number of halogens is 3. The van der Waals surface area contributed by atoms with E-state index in [-0.39, 0.29) is 11.7 Å². The molecular weight excluding hydrogens is 413 g/mol. The fourth-order valence-corrected chi connectivity index (χ4v) is 2.42. The lowest BCUT2D eigenvalue weighted by atomic mass is 10.1. The number of hydrogen-bond donors (Lipinski definition) is 2. The van der Waals surface area contributed by atoms with Gasteiger partial charge >= 0.3 is 0 Å². The first-order valence-corrected chi connectivity index (χ1v) is 8.78. The molecule has 0 saturated heterocycles. The molecule has 0 aromatic heterocycles. The molecule has 0 spiro atoms. The average molecular weight is 429 g/mol. The van der Waals surface area contributed by atoms with Crippen LogP contribution in [-0.2, 0) is 0 Å². The molecular formula is C17H16BrCl2N3O. The summed E-state index contributed by atoms with van der Waals surface area (Å²) in [6, 6.07) is 14.4. The summed E-state index contributed by atoms with van der Waals surface area (Å²) in [6.07, 6.45) is -0.856. The van der Waals surface area contributed by atoms with Crippen molar-refractivity contribution in [3.63, 3.8) is 0 Å².